The molecule has 0 saturated carbocycles. The van der Waals surface area contributed by atoms with Crippen molar-refractivity contribution in [1.82, 2.24) is 15.0 Å². The van der Waals surface area contributed by atoms with Crippen LogP contribution in [-0.4, -0.2) is 15.0 Å². The molecule has 0 N–H and O–H groups in total. The fourth-order valence-corrected chi connectivity index (χ4v) is 7.66. The van der Waals surface area contributed by atoms with Crippen molar-refractivity contribution in [1.29, 1.82) is 0 Å². The topological polar surface area (TPSA) is 38.7 Å². The highest BCUT2D eigenvalue weighted by molar-refractivity contribution is 6.33. The molecule has 52 heavy (non-hydrogen) atoms. The Morgan fingerprint density at radius 3 is 1.38 bits per heavy atom. The van der Waals surface area contributed by atoms with Gasteiger partial charge in [0.25, 0.3) is 0 Å². The first-order valence-electron chi connectivity index (χ1n) is 17.6. The molecule has 0 aliphatic rings. The number of benzene rings is 8. The lowest BCUT2D eigenvalue weighted by Gasteiger charge is -2.16. The standard InChI is InChI=1S/C49H31N3/c1-2-10-35(11-3-1)46-31-47(52-49(51-46)37-24-18-32(19-25-37)33-26-28-50-29-27-33)36-22-20-34(21-23-36)44-30-45-40-14-5-4-12-38(40)39-13-6-8-16-42(39)48(45)43-17-9-7-15-41(43)44/h1-31H. The van der Waals surface area contributed by atoms with E-state index < -0.39 is 0 Å². The van der Waals surface area contributed by atoms with Gasteiger partial charge in [-0.2, -0.15) is 0 Å². The van der Waals surface area contributed by atoms with Gasteiger partial charge in [-0.15, -0.1) is 0 Å². The van der Waals surface area contributed by atoms with E-state index in [2.05, 4.69) is 163 Å². The molecule has 3 nitrogen and oxygen atoms in total. The van der Waals surface area contributed by atoms with Crippen LogP contribution in [0.5, 0.6) is 0 Å². The number of pyridine rings is 1. The Labute approximate surface area is 301 Å². The summed E-state index contributed by atoms with van der Waals surface area (Å²) in [6.07, 6.45) is 3.64. The number of aromatic nitrogens is 3. The Kier molecular flexibility index (Phi) is 7.14. The van der Waals surface area contributed by atoms with Gasteiger partial charge >= 0.3 is 0 Å². The zero-order chi connectivity index (χ0) is 34.4. The van der Waals surface area contributed by atoms with Crippen LogP contribution in [0.2, 0.25) is 0 Å². The fraction of sp³-hybridized carbons (Fsp3) is 0. The lowest BCUT2D eigenvalue weighted by molar-refractivity contribution is 1.18. The average Bonchev–Trinajstić information content (AvgIpc) is 3.24. The van der Waals surface area contributed by atoms with Crippen molar-refractivity contribution >= 4 is 43.1 Å². The number of hydrogen-bond donors (Lipinski definition) is 0. The van der Waals surface area contributed by atoms with Gasteiger partial charge < -0.3 is 0 Å². The summed E-state index contributed by atoms with van der Waals surface area (Å²) in [6, 6.07) is 62.6. The normalized spacial score (nSPS) is 11.5. The van der Waals surface area contributed by atoms with E-state index in [1.165, 1.54) is 54.2 Å². The number of fused-ring (bicyclic) bond motifs is 8. The molecule has 0 spiro atoms. The van der Waals surface area contributed by atoms with Gasteiger partial charge in [0.05, 0.1) is 11.4 Å². The van der Waals surface area contributed by atoms with E-state index in [0.717, 1.165) is 39.2 Å². The molecule has 0 amide bonds. The molecule has 0 atom stereocenters. The van der Waals surface area contributed by atoms with E-state index in [4.69, 9.17) is 9.97 Å². The smallest absolute Gasteiger partial charge is 0.160 e. The number of nitrogens with zero attached hydrogens (tertiary/aromatic N) is 3. The van der Waals surface area contributed by atoms with E-state index in [1.807, 2.05) is 30.6 Å². The molecular formula is C49H31N3. The lowest BCUT2D eigenvalue weighted by Crippen LogP contribution is -1.96. The minimum absolute atomic E-state index is 0.696. The summed E-state index contributed by atoms with van der Waals surface area (Å²) >= 11 is 0. The van der Waals surface area contributed by atoms with Crippen LogP contribution in [0, 0.1) is 0 Å². The first-order chi connectivity index (χ1) is 25.8. The van der Waals surface area contributed by atoms with E-state index in [9.17, 15) is 0 Å². The first kappa shape index (κ1) is 29.9. The molecule has 0 saturated heterocycles. The zero-order valence-corrected chi connectivity index (χ0v) is 28.2. The summed E-state index contributed by atoms with van der Waals surface area (Å²) in [6.45, 7) is 0. The van der Waals surface area contributed by atoms with Crippen LogP contribution in [0.15, 0.2) is 188 Å². The van der Waals surface area contributed by atoms with Crippen LogP contribution < -0.4 is 0 Å². The summed E-state index contributed by atoms with van der Waals surface area (Å²) in [4.78, 5) is 14.4. The highest BCUT2D eigenvalue weighted by Gasteiger charge is 2.16. The third-order valence-corrected chi connectivity index (χ3v) is 10.2. The fourth-order valence-electron chi connectivity index (χ4n) is 7.66. The van der Waals surface area contributed by atoms with Crippen molar-refractivity contribution in [3.8, 4) is 56.2 Å². The van der Waals surface area contributed by atoms with Crippen LogP contribution in [0.25, 0.3) is 99.2 Å². The molecule has 0 aliphatic heterocycles. The van der Waals surface area contributed by atoms with Crippen LogP contribution in [-0.2, 0) is 0 Å². The van der Waals surface area contributed by atoms with Gasteiger partial charge in [0.2, 0.25) is 0 Å². The summed E-state index contributed by atoms with van der Waals surface area (Å²) in [7, 11) is 0. The zero-order valence-electron chi connectivity index (χ0n) is 28.2. The molecule has 0 bridgehead atoms. The Morgan fingerprint density at radius 2 is 0.731 bits per heavy atom. The van der Waals surface area contributed by atoms with Crippen LogP contribution >= 0.6 is 0 Å². The predicted molar refractivity (Wildman–Crippen MR) is 217 cm³/mol. The van der Waals surface area contributed by atoms with Crippen molar-refractivity contribution in [2.45, 2.75) is 0 Å². The third-order valence-electron chi connectivity index (χ3n) is 10.2. The molecule has 10 aromatic rings. The maximum atomic E-state index is 5.14. The number of hydrogen-bond acceptors (Lipinski definition) is 3. The summed E-state index contributed by atoms with van der Waals surface area (Å²) in [5.74, 6) is 0.696. The van der Waals surface area contributed by atoms with E-state index in [1.54, 1.807) is 0 Å². The van der Waals surface area contributed by atoms with Crippen LogP contribution in [0.4, 0.5) is 0 Å². The predicted octanol–water partition coefficient (Wildman–Crippen LogP) is 12.8. The minimum atomic E-state index is 0.696. The second-order valence-electron chi connectivity index (χ2n) is 13.2. The molecule has 0 radical (unpaired) electrons. The van der Waals surface area contributed by atoms with Crippen molar-refractivity contribution in [3.63, 3.8) is 0 Å². The molecular weight excluding hydrogens is 631 g/mol. The molecule has 0 aliphatic carbocycles. The van der Waals surface area contributed by atoms with Crippen LogP contribution in [0.1, 0.15) is 0 Å². The Morgan fingerprint density at radius 1 is 0.288 bits per heavy atom. The van der Waals surface area contributed by atoms with Crippen LogP contribution in [0.3, 0.4) is 0 Å². The molecule has 0 unspecified atom stereocenters. The van der Waals surface area contributed by atoms with Crippen molar-refractivity contribution in [2.75, 3.05) is 0 Å². The largest absolute Gasteiger partial charge is 0.265 e. The van der Waals surface area contributed by atoms with Gasteiger partial charge in [-0.1, -0.05) is 152 Å². The highest BCUT2D eigenvalue weighted by atomic mass is 14.9. The summed E-state index contributed by atoms with van der Waals surface area (Å²) in [5.41, 5.74) is 9.49. The Balaban J connectivity index is 1.11. The van der Waals surface area contributed by atoms with Gasteiger partial charge in [-0.25, -0.2) is 9.97 Å². The third kappa shape index (κ3) is 5.10. The quantitative estimate of drug-likeness (QED) is 0.172. The molecule has 2 heterocycles. The molecule has 0 fully saturated rings. The maximum absolute atomic E-state index is 5.14. The highest BCUT2D eigenvalue weighted by Crippen LogP contribution is 2.43. The molecule has 2 aromatic heterocycles. The molecule has 8 aromatic carbocycles. The Bertz CT molecular complexity index is 2920. The van der Waals surface area contributed by atoms with E-state index in [-0.39, 0.29) is 0 Å². The average molecular weight is 662 g/mol. The molecule has 10 rings (SSSR count). The van der Waals surface area contributed by atoms with E-state index >= 15 is 0 Å². The Hall–Kier alpha value is -6.97. The number of rotatable bonds is 5. The van der Waals surface area contributed by atoms with Gasteiger partial charge in [0, 0.05) is 29.1 Å². The first-order valence-corrected chi connectivity index (χ1v) is 17.6. The van der Waals surface area contributed by atoms with Crippen molar-refractivity contribution in [3.05, 3.63) is 188 Å². The van der Waals surface area contributed by atoms with Gasteiger partial charge in [-0.05, 0) is 89.6 Å². The summed E-state index contributed by atoms with van der Waals surface area (Å²) in [5, 5.41) is 10.2. The second kappa shape index (κ2) is 12.4. The van der Waals surface area contributed by atoms with Crippen molar-refractivity contribution in [2.24, 2.45) is 0 Å². The van der Waals surface area contributed by atoms with Gasteiger partial charge in [0.1, 0.15) is 0 Å². The molecule has 3 heteroatoms. The maximum Gasteiger partial charge on any atom is 0.160 e. The SMILES string of the molecule is c1ccc(-c2cc(-c3ccc(-c4cc5c6ccccc6c6ccccc6c5c5ccccc45)cc3)nc(-c3ccc(-c4ccncc4)cc3)n2)cc1. The molecule has 242 valence electrons. The summed E-state index contributed by atoms with van der Waals surface area (Å²) < 4.78 is 0. The van der Waals surface area contributed by atoms with Gasteiger partial charge in [0.15, 0.2) is 5.82 Å². The lowest BCUT2D eigenvalue weighted by atomic mass is 9.87. The second-order valence-corrected chi connectivity index (χ2v) is 13.2. The van der Waals surface area contributed by atoms with Gasteiger partial charge in [-0.3, -0.25) is 4.98 Å². The minimum Gasteiger partial charge on any atom is -0.265 e. The van der Waals surface area contributed by atoms with Crippen molar-refractivity contribution < 1.29 is 0 Å². The van der Waals surface area contributed by atoms with E-state index in [0.29, 0.717) is 5.82 Å². The monoisotopic (exact) mass is 661 g/mol.